The van der Waals surface area contributed by atoms with Crippen LogP contribution in [0.5, 0.6) is 23.0 Å². The Morgan fingerprint density at radius 2 is 1.46 bits per heavy atom. The Hall–Kier alpha value is -3.42. The summed E-state index contributed by atoms with van der Waals surface area (Å²) in [6, 6.07) is 9.50. The lowest BCUT2D eigenvalue weighted by molar-refractivity contribution is 0.0844. The Bertz CT molecular complexity index is 851. The summed E-state index contributed by atoms with van der Waals surface area (Å²) in [5.41, 5.74) is 5.28. The number of benzene rings is 2. The molecule has 8 nitrogen and oxygen atoms in total. The van der Waals surface area contributed by atoms with Crippen LogP contribution in [0.2, 0.25) is 0 Å². The lowest BCUT2D eigenvalue weighted by Gasteiger charge is -2.15. The fraction of sp³-hybridized carbons (Fsp3) is 0.300. The molecule has 8 heteroatoms. The third kappa shape index (κ3) is 5.06. The van der Waals surface area contributed by atoms with Crippen molar-refractivity contribution in [1.29, 1.82) is 0 Å². The summed E-state index contributed by atoms with van der Waals surface area (Å²) >= 11 is 0. The molecule has 0 heterocycles. The third-order valence-corrected chi connectivity index (χ3v) is 3.73. The highest BCUT2D eigenvalue weighted by Gasteiger charge is 2.16. The number of hydrazine groups is 1. The number of carbonyl (C=O) groups excluding carboxylic acids is 2. The first-order valence-corrected chi connectivity index (χ1v) is 8.57. The molecule has 0 aliphatic rings. The topological polar surface area (TPSA) is 95.1 Å². The van der Waals surface area contributed by atoms with Gasteiger partial charge in [0.2, 0.25) is 0 Å². The fourth-order valence-corrected chi connectivity index (χ4v) is 2.40. The highest BCUT2D eigenvalue weighted by molar-refractivity contribution is 6.00. The summed E-state index contributed by atoms with van der Waals surface area (Å²) in [4.78, 5) is 24.7. The van der Waals surface area contributed by atoms with Gasteiger partial charge in [-0.3, -0.25) is 20.4 Å². The van der Waals surface area contributed by atoms with Gasteiger partial charge in [0.05, 0.1) is 33.0 Å². The maximum Gasteiger partial charge on any atom is 0.273 e. The number of ether oxygens (including phenoxy) is 4. The smallest absolute Gasteiger partial charge is 0.273 e. The molecule has 2 aromatic carbocycles. The first kappa shape index (κ1) is 20.9. The highest BCUT2D eigenvalue weighted by atomic mass is 16.5. The van der Waals surface area contributed by atoms with E-state index in [1.54, 1.807) is 30.3 Å². The molecule has 2 aromatic rings. The molecule has 2 rings (SSSR count). The molecule has 0 spiro atoms. The van der Waals surface area contributed by atoms with Crippen molar-refractivity contribution in [3.8, 4) is 23.0 Å². The van der Waals surface area contributed by atoms with E-state index in [-0.39, 0.29) is 11.7 Å². The second kappa shape index (κ2) is 9.50. The molecule has 2 N–H and O–H groups in total. The normalized spacial score (nSPS) is 10.2. The molecule has 0 aliphatic carbocycles. The number of amides is 2. The Balaban J connectivity index is 2.08. The van der Waals surface area contributed by atoms with Crippen LogP contribution in [0.4, 0.5) is 0 Å². The predicted octanol–water partition coefficient (Wildman–Crippen LogP) is 2.57. The van der Waals surface area contributed by atoms with Gasteiger partial charge in [-0.05, 0) is 44.2 Å². The van der Waals surface area contributed by atoms with Gasteiger partial charge in [-0.15, -0.1) is 0 Å². The van der Waals surface area contributed by atoms with Gasteiger partial charge >= 0.3 is 0 Å². The second-order valence-electron chi connectivity index (χ2n) is 6.01. The number of rotatable bonds is 7. The van der Waals surface area contributed by atoms with Gasteiger partial charge in [0.25, 0.3) is 11.8 Å². The fourth-order valence-electron chi connectivity index (χ4n) is 2.40. The number of hydrogen-bond acceptors (Lipinski definition) is 6. The molecule has 0 saturated carbocycles. The van der Waals surface area contributed by atoms with E-state index in [1.165, 1.54) is 27.4 Å². The van der Waals surface area contributed by atoms with Gasteiger partial charge in [-0.25, -0.2) is 0 Å². The SMILES string of the molecule is COc1ccc(C(=O)NNC(=O)c2ccc(OC(C)C)c(OC)c2)c(OC)c1. The van der Waals surface area contributed by atoms with E-state index in [0.717, 1.165) is 0 Å². The van der Waals surface area contributed by atoms with Crippen LogP contribution in [-0.4, -0.2) is 39.2 Å². The highest BCUT2D eigenvalue weighted by Crippen LogP contribution is 2.29. The molecule has 0 saturated heterocycles. The standard InChI is InChI=1S/C20H24N2O6/c1-12(2)28-16-9-6-13(10-18(16)27-5)19(23)21-22-20(24)15-8-7-14(25-3)11-17(15)26-4/h6-12H,1-5H3,(H,21,23)(H,22,24). The van der Waals surface area contributed by atoms with Crippen LogP contribution < -0.4 is 29.8 Å². The summed E-state index contributed by atoms with van der Waals surface area (Å²) in [5.74, 6) is 0.788. The molecular formula is C20H24N2O6. The van der Waals surface area contributed by atoms with Crippen LogP contribution >= 0.6 is 0 Å². The Kier molecular flexibility index (Phi) is 7.08. The third-order valence-electron chi connectivity index (χ3n) is 3.73. The predicted molar refractivity (Wildman–Crippen MR) is 103 cm³/mol. The van der Waals surface area contributed by atoms with Gasteiger partial charge in [0, 0.05) is 11.6 Å². The van der Waals surface area contributed by atoms with Crippen molar-refractivity contribution in [3.05, 3.63) is 47.5 Å². The van der Waals surface area contributed by atoms with Crippen molar-refractivity contribution in [1.82, 2.24) is 10.9 Å². The first-order valence-electron chi connectivity index (χ1n) is 8.57. The van der Waals surface area contributed by atoms with E-state index in [2.05, 4.69) is 10.9 Å². The van der Waals surface area contributed by atoms with Gasteiger partial charge in [0.15, 0.2) is 11.5 Å². The average molecular weight is 388 g/mol. The zero-order valence-corrected chi connectivity index (χ0v) is 16.5. The van der Waals surface area contributed by atoms with E-state index < -0.39 is 11.8 Å². The largest absolute Gasteiger partial charge is 0.497 e. The first-order chi connectivity index (χ1) is 13.4. The molecule has 0 bridgehead atoms. The number of hydrogen-bond donors (Lipinski definition) is 2. The van der Waals surface area contributed by atoms with Crippen LogP contribution in [0.1, 0.15) is 34.6 Å². The van der Waals surface area contributed by atoms with Crippen LogP contribution in [-0.2, 0) is 0 Å². The lowest BCUT2D eigenvalue weighted by atomic mass is 10.1. The van der Waals surface area contributed by atoms with Crippen molar-refractivity contribution in [2.45, 2.75) is 20.0 Å². The quantitative estimate of drug-likeness (QED) is 0.708. The molecule has 0 fully saturated rings. The van der Waals surface area contributed by atoms with Crippen molar-refractivity contribution < 1.29 is 28.5 Å². The average Bonchev–Trinajstić information content (AvgIpc) is 2.70. The Morgan fingerprint density at radius 1 is 0.786 bits per heavy atom. The van der Waals surface area contributed by atoms with Gasteiger partial charge in [0.1, 0.15) is 11.5 Å². The van der Waals surface area contributed by atoms with E-state index in [4.69, 9.17) is 18.9 Å². The Labute approximate surface area is 163 Å². The van der Waals surface area contributed by atoms with E-state index in [0.29, 0.717) is 28.6 Å². The minimum Gasteiger partial charge on any atom is -0.497 e. The van der Waals surface area contributed by atoms with Gasteiger partial charge < -0.3 is 18.9 Å². The van der Waals surface area contributed by atoms with Crippen LogP contribution in [0.3, 0.4) is 0 Å². The molecule has 0 radical (unpaired) electrons. The monoisotopic (exact) mass is 388 g/mol. The molecular weight excluding hydrogens is 364 g/mol. The zero-order chi connectivity index (χ0) is 20.7. The number of carbonyl (C=O) groups is 2. The molecule has 2 amide bonds. The lowest BCUT2D eigenvalue weighted by Crippen LogP contribution is -2.41. The minimum absolute atomic E-state index is 0.0349. The van der Waals surface area contributed by atoms with Crippen molar-refractivity contribution in [2.75, 3.05) is 21.3 Å². The number of nitrogens with one attached hydrogen (secondary N) is 2. The van der Waals surface area contributed by atoms with E-state index in [9.17, 15) is 9.59 Å². The van der Waals surface area contributed by atoms with Crippen molar-refractivity contribution in [3.63, 3.8) is 0 Å². The second-order valence-corrected chi connectivity index (χ2v) is 6.01. The molecule has 150 valence electrons. The maximum atomic E-state index is 12.4. The molecule has 0 aliphatic heterocycles. The van der Waals surface area contributed by atoms with Crippen molar-refractivity contribution >= 4 is 11.8 Å². The molecule has 0 unspecified atom stereocenters. The summed E-state index contributed by atoms with van der Waals surface area (Å²) < 4.78 is 21.2. The summed E-state index contributed by atoms with van der Waals surface area (Å²) in [5, 5.41) is 0. The van der Waals surface area contributed by atoms with Crippen LogP contribution in [0, 0.1) is 0 Å². The maximum absolute atomic E-state index is 12.4. The minimum atomic E-state index is -0.528. The van der Waals surface area contributed by atoms with Gasteiger partial charge in [-0.1, -0.05) is 0 Å². The van der Waals surface area contributed by atoms with Crippen molar-refractivity contribution in [2.24, 2.45) is 0 Å². The van der Waals surface area contributed by atoms with Crippen LogP contribution in [0.25, 0.3) is 0 Å². The summed E-state index contributed by atoms with van der Waals surface area (Å²) in [6.45, 7) is 3.78. The molecule has 28 heavy (non-hydrogen) atoms. The van der Waals surface area contributed by atoms with Gasteiger partial charge in [-0.2, -0.15) is 0 Å². The van der Waals surface area contributed by atoms with E-state index in [1.807, 2.05) is 13.8 Å². The number of methoxy groups -OCH3 is 3. The molecule has 0 atom stereocenters. The van der Waals surface area contributed by atoms with E-state index >= 15 is 0 Å². The zero-order valence-electron chi connectivity index (χ0n) is 16.5. The van der Waals surface area contributed by atoms with Crippen LogP contribution in [0.15, 0.2) is 36.4 Å². The molecule has 0 aromatic heterocycles. The Morgan fingerprint density at radius 3 is 2.07 bits per heavy atom. The summed E-state index contributed by atoms with van der Waals surface area (Å²) in [7, 11) is 4.44. The summed E-state index contributed by atoms with van der Waals surface area (Å²) in [6.07, 6.45) is -0.0349.